The maximum Gasteiger partial charge on any atom is 0.236 e. The molecular weight excluding hydrogens is 310 g/mol. The van der Waals surface area contributed by atoms with E-state index in [2.05, 4.69) is 45.4 Å². The summed E-state index contributed by atoms with van der Waals surface area (Å²) in [5.41, 5.74) is 1.40. The van der Waals surface area contributed by atoms with E-state index in [1.807, 2.05) is 7.05 Å². The first-order valence-corrected chi connectivity index (χ1v) is 8.48. The third-order valence-corrected chi connectivity index (χ3v) is 5.09. The molecule has 0 aromatic heterocycles. The number of fused-ring (bicyclic) bond motifs is 1. The minimum absolute atomic E-state index is 0. The minimum Gasteiger partial charge on any atom is -0.341 e. The highest BCUT2D eigenvalue weighted by atomic mass is 35.5. The zero-order valence-corrected chi connectivity index (χ0v) is 14.7. The molecule has 1 aromatic carbocycles. The Balaban J connectivity index is 0.00000192. The SMILES string of the molecule is CNCC(=O)N1CCC2C(CCCN2Cc2ccccc2)C1.Cl. The highest BCUT2D eigenvalue weighted by Gasteiger charge is 2.36. The van der Waals surface area contributed by atoms with Gasteiger partial charge in [0.2, 0.25) is 5.91 Å². The lowest BCUT2D eigenvalue weighted by molar-refractivity contribution is -0.133. The maximum atomic E-state index is 12.1. The zero-order chi connectivity index (χ0) is 15.4. The van der Waals surface area contributed by atoms with Crippen molar-refractivity contribution in [3.63, 3.8) is 0 Å². The molecule has 0 bridgehead atoms. The number of hydrogen-bond acceptors (Lipinski definition) is 3. The summed E-state index contributed by atoms with van der Waals surface area (Å²) in [4.78, 5) is 16.8. The largest absolute Gasteiger partial charge is 0.341 e. The van der Waals surface area contributed by atoms with Gasteiger partial charge >= 0.3 is 0 Å². The Kier molecular flexibility index (Phi) is 6.88. The highest BCUT2D eigenvalue weighted by Crippen LogP contribution is 2.31. The summed E-state index contributed by atoms with van der Waals surface area (Å²) in [6, 6.07) is 11.4. The van der Waals surface area contributed by atoms with Crippen LogP contribution in [-0.2, 0) is 11.3 Å². The van der Waals surface area contributed by atoms with Crippen LogP contribution in [0.2, 0.25) is 0 Å². The molecule has 2 unspecified atom stereocenters. The second-order valence-corrected chi connectivity index (χ2v) is 6.58. The molecule has 0 saturated carbocycles. The van der Waals surface area contributed by atoms with Crippen molar-refractivity contribution in [3.8, 4) is 0 Å². The first-order chi connectivity index (χ1) is 10.8. The Bertz CT molecular complexity index is 496. The molecule has 0 aliphatic carbocycles. The molecular formula is C18H28ClN3O. The number of rotatable bonds is 4. The van der Waals surface area contributed by atoms with Gasteiger partial charge < -0.3 is 10.2 Å². The molecule has 0 spiro atoms. The van der Waals surface area contributed by atoms with Crippen LogP contribution in [-0.4, -0.2) is 55.0 Å². The summed E-state index contributed by atoms with van der Waals surface area (Å²) in [6.45, 7) is 4.56. The Morgan fingerprint density at radius 1 is 1.22 bits per heavy atom. The molecule has 1 N–H and O–H groups in total. The van der Waals surface area contributed by atoms with E-state index >= 15 is 0 Å². The van der Waals surface area contributed by atoms with Crippen molar-refractivity contribution in [2.75, 3.05) is 33.2 Å². The molecule has 1 aromatic rings. The fourth-order valence-electron chi connectivity index (χ4n) is 4.01. The Hall–Kier alpha value is -1.10. The van der Waals surface area contributed by atoms with Crippen LogP contribution in [0, 0.1) is 5.92 Å². The highest BCUT2D eigenvalue weighted by molar-refractivity contribution is 5.85. The minimum atomic E-state index is 0. The van der Waals surface area contributed by atoms with Crippen molar-refractivity contribution >= 4 is 18.3 Å². The third kappa shape index (κ3) is 4.46. The van der Waals surface area contributed by atoms with Crippen molar-refractivity contribution in [1.29, 1.82) is 0 Å². The first-order valence-electron chi connectivity index (χ1n) is 8.48. The van der Waals surface area contributed by atoms with Crippen LogP contribution in [0.1, 0.15) is 24.8 Å². The van der Waals surface area contributed by atoms with E-state index in [1.165, 1.54) is 24.9 Å². The second kappa shape index (κ2) is 8.67. The maximum absolute atomic E-state index is 12.1. The number of nitrogens with one attached hydrogen (secondary N) is 1. The number of likely N-dealkylation sites (tertiary alicyclic amines) is 2. The van der Waals surface area contributed by atoms with Gasteiger partial charge in [-0.2, -0.15) is 0 Å². The van der Waals surface area contributed by atoms with Crippen LogP contribution >= 0.6 is 12.4 Å². The van der Waals surface area contributed by atoms with Crippen LogP contribution in [0.3, 0.4) is 0 Å². The quantitative estimate of drug-likeness (QED) is 0.914. The molecule has 2 aliphatic heterocycles. The molecule has 3 rings (SSSR count). The molecule has 2 fully saturated rings. The molecule has 2 saturated heterocycles. The lowest BCUT2D eigenvalue weighted by Crippen LogP contribution is -2.55. The molecule has 2 aliphatic rings. The second-order valence-electron chi connectivity index (χ2n) is 6.58. The van der Waals surface area contributed by atoms with Crippen LogP contribution in [0.5, 0.6) is 0 Å². The molecule has 4 nitrogen and oxygen atoms in total. The van der Waals surface area contributed by atoms with E-state index in [-0.39, 0.29) is 18.3 Å². The van der Waals surface area contributed by atoms with Gasteiger partial charge in [-0.15, -0.1) is 12.4 Å². The summed E-state index contributed by atoms with van der Waals surface area (Å²) in [5, 5.41) is 2.98. The number of nitrogens with zero attached hydrogens (tertiary/aromatic N) is 2. The number of carbonyl (C=O) groups excluding carboxylic acids is 1. The predicted molar refractivity (Wildman–Crippen MR) is 95.7 cm³/mol. The zero-order valence-electron chi connectivity index (χ0n) is 13.9. The number of hydrogen-bond donors (Lipinski definition) is 1. The van der Waals surface area contributed by atoms with Crippen molar-refractivity contribution < 1.29 is 4.79 Å². The van der Waals surface area contributed by atoms with Crippen LogP contribution in [0.15, 0.2) is 30.3 Å². The summed E-state index contributed by atoms with van der Waals surface area (Å²) in [6.07, 6.45) is 3.63. The molecule has 2 atom stereocenters. The number of likely N-dealkylation sites (N-methyl/N-ethyl adjacent to an activating group) is 1. The van der Waals surface area contributed by atoms with Crippen LogP contribution in [0.25, 0.3) is 0 Å². The van der Waals surface area contributed by atoms with E-state index in [0.717, 1.165) is 26.1 Å². The van der Waals surface area contributed by atoms with Gasteiger partial charge in [0.25, 0.3) is 0 Å². The monoisotopic (exact) mass is 337 g/mol. The van der Waals surface area contributed by atoms with Gasteiger partial charge in [0.15, 0.2) is 0 Å². The average molecular weight is 338 g/mol. The van der Waals surface area contributed by atoms with Crippen molar-refractivity contribution in [2.45, 2.75) is 31.8 Å². The van der Waals surface area contributed by atoms with Gasteiger partial charge in [0.05, 0.1) is 6.54 Å². The number of benzene rings is 1. The number of piperidine rings is 2. The topological polar surface area (TPSA) is 35.6 Å². The molecule has 0 radical (unpaired) electrons. The summed E-state index contributed by atoms with van der Waals surface area (Å²) < 4.78 is 0. The van der Waals surface area contributed by atoms with Crippen LogP contribution < -0.4 is 5.32 Å². The van der Waals surface area contributed by atoms with Crippen molar-refractivity contribution in [1.82, 2.24) is 15.1 Å². The number of carbonyl (C=O) groups is 1. The third-order valence-electron chi connectivity index (χ3n) is 5.09. The summed E-state index contributed by atoms with van der Waals surface area (Å²) >= 11 is 0. The van der Waals surface area contributed by atoms with Crippen molar-refractivity contribution in [3.05, 3.63) is 35.9 Å². The first kappa shape index (κ1) is 18.2. The van der Waals surface area contributed by atoms with Gasteiger partial charge in [-0.3, -0.25) is 9.69 Å². The lowest BCUT2D eigenvalue weighted by atomic mass is 9.83. The van der Waals surface area contributed by atoms with E-state index < -0.39 is 0 Å². The van der Waals surface area contributed by atoms with Crippen molar-refractivity contribution in [2.24, 2.45) is 5.92 Å². The van der Waals surface area contributed by atoms with Gasteiger partial charge in [-0.25, -0.2) is 0 Å². The summed E-state index contributed by atoms with van der Waals surface area (Å²) in [7, 11) is 1.84. The Morgan fingerprint density at radius 3 is 2.74 bits per heavy atom. The van der Waals surface area contributed by atoms with Gasteiger partial charge in [-0.05, 0) is 44.3 Å². The van der Waals surface area contributed by atoms with Crippen LogP contribution in [0.4, 0.5) is 0 Å². The average Bonchev–Trinajstić information content (AvgIpc) is 2.56. The fourth-order valence-corrected chi connectivity index (χ4v) is 4.01. The normalized spacial score (nSPS) is 24.7. The van der Waals surface area contributed by atoms with Gasteiger partial charge in [-0.1, -0.05) is 30.3 Å². The number of halogens is 1. The summed E-state index contributed by atoms with van der Waals surface area (Å²) in [5.74, 6) is 0.896. The van der Waals surface area contributed by atoms with E-state index in [4.69, 9.17) is 0 Å². The van der Waals surface area contributed by atoms with E-state index in [9.17, 15) is 4.79 Å². The molecule has 23 heavy (non-hydrogen) atoms. The lowest BCUT2D eigenvalue weighted by Gasteiger charge is -2.47. The van der Waals surface area contributed by atoms with Gasteiger partial charge in [0.1, 0.15) is 0 Å². The molecule has 2 heterocycles. The number of amides is 1. The fraction of sp³-hybridized carbons (Fsp3) is 0.611. The molecule has 5 heteroatoms. The Morgan fingerprint density at radius 2 is 2.00 bits per heavy atom. The van der Waals surface area contributed by atoms with E-state index in [1.54, 1.807) is 0 Å². The smallest absolute Gasteiger partial charge is 0.236 e. The van der Waals surface area contributed by atoms with Gasteiger partial charge in [0, 0.05) is 25.7 Å². The van der Waals surface area contributed by atoms with E-state index in [0.29, 0.717) is 18.5 Å². The Labute approximate surface area is 145 Å². The standard InChI is InChI=1S/C18H27N3O.ClH/c1-19-12-18(22)21-11-9-17-16(14-21)8-5-10-20(17)13-15-6-3-2-4-7-15;/h2-4,6-7,16-17,19H,5,8-14H2,1H3;1H. The molecule has 1 amide bonds. The predicted octanol–water partition coefficient (Wildman–Crippen LogP) is 2.14. The molecule has 128 valence electrons.